The predicted octanol–water partition coefficient (Wildman–Crippen LogP) is 5.15. The molecule has 0 aliphatic carbocycles. The van der Waals surface area contributed by atoms with Gasteiger partial charge in [-0.25, -0.2) is 9.07 Å². The van der Waals surface area contributed by atoms with E-state index in [-0.39, 0.29) is 17.6 Å². The molecule has 11 heteroatoms. The van der Waals surface area contributed by atoms with Crippen molar-refractivity contribution in [2.75, 3.05) is 21.1 Å². The Labute approximate surface area is 194 Å². The summed E-state index contributed by atoms with van der Waals surface area (Å²) in [5.74, 6) is 0.0985. The summed E-state index contributed by atoms with van der Waals surface area (Å²) in [5, 5.41) is 4.72. The maximum atomic E-state index is 13.4. The number of aromatic nitrogens is 3. The van der Waals surface area contributed by atoms with E-state index in [4.69, 9.17) is 17.3 Å². The lowest BCUT2D eigenvalue weighted by molar-refractivity contribution is -0.274. The molecule has 0 amide bonds. The quantitative estimate of drug-likeness (QED) is 0.327. The van der Waals surface area contributed by atoms with Crippen molar-refractivity contribution >= 4 is 12.2 Å². The Hall–Kier alpha value is -2.76. The molecule has 0 aliphatic heterocycles. The van der Waals surface area contributed by atoms with E-state index in [1.54, 1.807) is 28.9 Å². The van der Waals surface area contributed by atoms with Crippen molar-refractivity contribution in [1.82, 2.24) is 24.1 Å². The van der Waals surface area contributed by atoms with Crippen LogP contribution in [0.15, 0.2) is 48.5 Å². The summed E-state index contributed by atoms with van der Waals surface area (Å²) in [7, 11) is 5.72. The molecule has 3 rings (SSSR count). The molecular formula is C22H25F4N5OS. The first kappa shape index (κ1) is 24.9. The van der Waals surface area contributed by atoms with Gasteiger partial charge in [0, 0.05) is 12.2 Å². The smallest absolute Gasteiger partial charge is 0.406 e. The monoisotopic (exact) mass is 483 g/mol. The van der Waals surface area contributed by atoms with Crippen molar-refractivity contribution in [3.05, 3.63) is 70.5 Å². The predicted molar refractivity (Wildman–Crippen MR) is 119 cm³/mol. The van der Waals surface area contributed by atoms with Gasteiger partial charge in [0.2, 0.25) is 4.77 Å². The van der Waals surface area contributed by atoms with Crippen molar-refractivity contribution in [1.29, 1.82) is 0 Å². The number of benzene rings is 2. The first-order valence-corrected chi connectivity index (χ1v) is 10.5. The molecule has 1 heterocycles. The van der Waals surface area contributed by atoms with E-state index >= 15 is 0 Å². The highest BCUT2D eigenvalue weighted by molar-refractivity contribution is 7.71. The first-order valence-electron chi connectivity index (χ1n) is 10.1. The van der Waals surface area contributed by atoms with Crippen molar-refractivity contribution < 1.29 is 22.3 Å². The number of alkyl halides is 3. The SMILES string of the molecule is CC(c1nn(CN(C)Cc2ccc(OC(F)(F)F)cc2)c(=S)n1-c1ccc(F)cc1)N(C)C. The van der Waals surface area contributed by atoms with E-state index in [1.807, 2.05) is 42.4 Å². The second kappa shape index (κ2) is 10.0. The van der Waals surface area contributed by atoms with Crippen LogP contribution in [0.4, 0.5) is 17.6 Å². The minimum Gasteiger partial charge on any atom is -0.406 e. The number of nitrogens with zero attached hydrogens (tertiary/aromatic N) is 5. The fraction of sp³-hybridized carbons (Fsp3) is 0.364. The van der Waals surface area contributed by atoms with Crippen LogP contribution in [0.2, 0.25) is 0 Å². The highest BCUT2D eigenvalue weighted by atomic mass is 32.1. The van der Waals surface area contributed by atoms with Gasteiger partial charge in [-0.2, -0.15) is 5.10 Å². The largest absolute Gasteiger partial charge is 0.573 e. The fourth-order valence-corrected chi connectivity index (χ4v) is 3.54. The highest BCUT2D eigenvalue weighted by Gasteiger charge is 2.31. The molecule has 0 N–H and O–H groups in total. The molecule has 1 unspecified atom stereocenters. The van der Waals surface area contributed by atoms with Gasteiger partial charge < -0.3 is 4.74 Å². The van der Waals surface area contributed by atoms with Crippen molar-refractivity contribution in [2.24, 2.45) is 0 Å². The summed E-state index contributed by atoms with van der Waals surface area (Å²) in [5.41, 5.74) is 1.51. The first-order chi connectivity index (χ1) is 15.4. The van der Waals surface area contributed by atoms with Crippen LogP contribution < -0.4 is 4.74 Å². The maximum absolute atomic E-state index is 13.4. The van der Waals surface area contributed by atoms with Crippen LogP contribution in [-0.4, -0.2) is 51.7 Å². The molecule has 0 spiro atoms. The highest BCUT2D eigenvalue weighted by Crippen LogP contribution is 2.24. The Morgan fingerprint density at radius 2 is 1.64 bits per heavy atom. The number of hydrogen-bond acceptors (Lipinski definition) is 5. The molecule has 6 nitrogen and oxygen atoms in total. The molecule has 0 bridgehead atoms. The third kappa shape index (κ3) is 6.40. The van der Waals surface area contributed by atoms with E-state index in [0.717, 1.165) is 5.56 Å². The molecule has 0 radical (unpaired) electrons. The molecule has 1 atom stereocenters. The van der Waals surface area contributed by atoms with Crippen LogP contribution in [0, 0.1) is 10.6 Å². The van der Waals surface area contributed by atoms with Gasteiger partial charge in [-0.15, -0.1) is 13.2 Å². The molecule has 3 aromatic rings. The average Bonchev–Trinajstić information content (AvgIpc) is 3.04. The van der Waals surface area contributed by atoms with Gasteiger partial charge in [-0.3, -0.25) is 14.4 Å². The zero-order valence-corrected chi connectivity index (χ0v) is 19.5. The standard InChI is InChI=1S/C22H25F4N5OS/c1-15(28(2)3)20-27-30(21(33)31(20)18-9-7-17(23)8-10-18)14-29(4)13-16-5-11-19(12-6-16)32-22(24,25)26/h5-12,15H,13-14H2,1-4H3. The lowest BCUT2D eigenvalue weighted by atomic mass is 10.2. The Morgan fingerprint density at radius 1 is 1.03 bits per heavy atom. The summed E-state index contributed by atoms with van der Waals surface area (Å²) in [6.07, 6.45) is -4.72. The van der Waals surface area contributed by atoms with Crippen LogP contribution in [-0.2, 0) is 13.2 Å². The summed E-state index contributed by atoms with van der Waals surface area (Å²) >= 11 is 5.69. The normalized spacial score (nSPS) is 13.0. The zero-order chi connectivity index (χ0) is 24.3. The third-order valence-electron chi connectivity index (χ3n) is 5.08. The zero-order valence-electron chi connectivity index (χ0n) is 18.7. The van der Waals surface area contributed by atoms with E-state index in [1.165, 1.54) is 24.3 Å². The Balaban J connectivity index is 1.82. The number of rotatable bonds is 8. The summed E-state index contributed by atoms with van der Waals surface area (Å²) in [4.78, 5) is 3.93. The van der Waals surface area contributed by atoms with Gasteiger partial charge in [-0.05, 0) is 82.2 Å². The van der Waals surface area contributed by atoms with E-state index in [2.05, 4.69) is 4.74 Å². The van der Waals surface area contributed by atoms with Crippen molar-refractivity contribution in [2.45, 2.75) is 32.5 Å². The molecule has 33 heavy (non-hydrogen) atoms. The van der Waals surface area contributed by atoms with E-state index in [0.29, 0.717) is 29.5 Å². The molecule has 0 saturated heterocycles. The molecule has 1 aromatic heterocycles. The summed E-state index contributed by atoms with van der Waals surface area (Å²) in [6.45, 7) is 2.80. The van der Waals surface area contributed by atoms with E-state index < -0.39 is 6.36 Å². The van der Waals surface area contributed by atoms with Crippen LogP contribution in [0.3, 0.4) is 0 Å². The van der Waals surface area contributed by atoms with Gasteiger partial charge in [0.05, 0.1) is 12.7 Å². The molecule has 0 saturated carbocycles. The lowest BCUT2D eigenvalue weighted by Crippen LogP contribution is -2.23. The maximum Gasteiger partial charge on any atom is 0.573 e. The number of halogens is 4. The van der Waals surface area contributed by atoms with Crippen molar-refractivity contribution in [3.63, 3.8) is 0 Å². The van der Waals surface area contributed by atoms with Crippen molar-refractivity contribution in [3.8, 4) is 11.4 Å². The number of hydrogen-bond donors (Lipinski definition) is 0. The Morgan fingerprint density at radius 3 is 2.18 bits per heavy atom. The average molecular weight is 484 g/mol. The van der Waals surface area contributed by atoms with Crippen LogP contribution in [0.1, 0.15) is 24.4 Å². The van der Waals surface area contributed by atoms with Crippen LogP contribution in [0.25, 0.3) is 5.69 Å². The summed E-state index contributed by atoms with van der Waals surface area (Å²) < 4.78 is 58.3. The Bertz CT molecular complexity index is 1120. The molecule has 0 fully saturated rings. The topological polar surface area (TPSA) is 38.5 Å². The molecule has 178 valence electrons. The van der Waals surface area contributed by atoms with Crippen LogP contribution in [0.5, 0.6) is 5.75 Å². The van der Waals surface area contributed by atoms with Crippen LogP contribution >= 0.6 is 12.2 Å². The molecular weight excluding hydrogens is 458 g/mol. The second-order valence-corrected chi connectivity index (χ2v) is 8.30. The third-order valence-corrected chi connectivity index (χ3v) is 5.48. The minimum absolute atomic E-state index is 0.0653. The van der Waals surface area contributed by atoms with Gasteiger partial charge in [0.1, 0.15) is 11.6 Å². The van der Waals surface area contributed by atoms with Gasteiger partial charge >= 0.3 is 6.36 Å². The second-order valence-electron chi connectivity index (χ2n) is 7.94. The van der Waals surface area contributed by atoms with Gasteiger partial charge in [0.25, 0.3) is 0 Å². The lowest BCUT2D eigenvalue weighted by Gasteiger charge is -2.19. The van der Waals surface area contributed by atoms with Gasteiger partial charge in [0.15, 0.2) is 5.82 Å². The minimum atomic E-state index is -4.72. The van der Waals surface area contributed by atoms with Gasteiger partial charge in [-0.1, -0.05) is 12.1 Å². The van der Waals surface area contributed by atoms with E-state index in [9.17, 15) is 17.6 Å². The summed E-state index contributed by atoms with van der Waals surface area (Å²) in [6, 6.07) is 11.7. The number of ether oxygens (including phenoxy) is 1. The fourth-order valence-electron chi connectivity index (χ4n) is 3.24. The molecule has 2 aromatic carbocycles. The Kier molecular flexibility index (Phi) is 7.55. The molecule has 0 aliphatic rings.